The Balaban J connectivity index is 3.18. The van der Waals surface area contributed by atoms with Crippen LogP contribution in [-0.2, 0) is 0 Å². The summed E-state index contributed by atoms with van der Waals surface area (Å²) in [4.78, 5) is 3.99. The Morgan fingerprint density at radius 1 is 1.50 bits per heavy atom. The lowest BCUT2D eigenvalue weighted by molar-refractivity contribution is 0.193. The normalized spacial score (nSPS) is 12.3. The molecule has 0 spiro atoms. The first-order valence-corrected chi connectivity index (χ1v) is 5.17. The molecule has 1 aromatic heterocycles. The van der Waals surface area contributed by atoms with Gasteiger partial charge in [-0.25, -0.2) is 4.98 Å². The molecule has 0 aliphatic carbocycles. The van der Waals surface area contributed by atoms with E-state index in [1.54, 1.807) is 19.4 Å². The fraction of sp³-hybridized carbons (Fsp3) is 0.444. The zero-order valence-electron chi connectivity index (χ0n) is 8.03. The van der Waals surface area contributed by atoms with Gasteiger partial charge < -0.3 is 14.6 Å². The smallest absolute Gasteiger partial charge is 0.222 e. The minimum atomic E-state index is -0.686. The Morgan fingerprint density at radius 2 is 2.21 bits per heavy atom. The van der Waals surface area contributed by atoms with Crippen molar-refractivity contribution in [3.63, 3.8) is 0 Å². The number of halogens is 1. The van der Waals surface area contributed by atoms with Gasteiger partial charge in [-0.15, -0.1) is 0 Å². The first-order chi connectivity index (χ1) is 6.74. The number of nitrogens with zero attached hydrogens (tertiary/aromatic N) is 1. The van der Waals surface area contributed by atoms with Crippen LogP contribution in [0.4, 0.5) is 0 Å². The van der Waals surface area contributed by atoms with Crippen LogP contribution < -0.4 is 9.47 Å². The molecule has 1 rings (SSSR count). The summed E-state index contributed by atoms with van der Waals surface area (Å²) in [7, 11) is 3.05. The maximum atomic E-state index is 9.71. The van der Waals surface area contributed by atoms with Crippen molar-refractivity contribution >= 4 is 15.9 Å². The van der Waals surface area contributed by atoms with Gasteiger partial charge in [0.2, 0.25) is 5.88 Å². The molecule has 1 atom stereocenters. The second-order valence-electron chi connectivity index (χ2n) is 2.61. The largest absolute Gasteiger partial charge is 0.496 e. The molecule has 0 saturated heterocycles. The number of hydrogen-bond donors (Lipinski definition) is 1. The lowest BCUT2D eigenvalue weighted by Gasteiger charge is -2.14. The molecule has 4 nitrogen and oxygen atoms in total. The standard InChI is InChI=1S/C9H12BrNO3/c1-13-7-3-4-11-9(14-2)8(7)6(12)5-10/h3-4,6,12H,5H2,1-2H3. The highest BCUT2D eigenvalue weighted by Crippen LogP contribution is 2.32. The number of aliphatic hydroxyl groups excluding tert-OH is 1. The van der Waals surface area contributed by atoms with Crippen LogP contribution in [0, 0.1) is 0 Å². The van der Waals surface area contributed by atoms with Crippen molar-refractivity contribution < 1.29 is 14.6 Å². The molecule has 78 valence electrons. The number of ether oxygens (including phenoxy) is 2. The third kappa shape index (κ3) is 2.16. The molecule has 0 aliphatic heterocycles. The lowest BCUT2D eigenvalue weighted by Crippen LogP contribution is -2.05. The second-order valence-corrected chi connectivity index (χ2v) is 3.25. The minimum absolute atomic E-state index is 0.385. The molecule has 0 aromatic carbocycles. The molecule has 0 radical (unpaired) electrons. The van der Waals surface area contributed by atoms with E-state index in [1.807, 2.05) is 0 Å². The van der Waals surface area contributed by atoms with Crippen molar-refractivity contribution in [2.75, 3.05) is 19.5 Å². The fourth-order valence-corrected chi connectivity index (χ4v) is 1.49. The van der Waals surface area contributed by atoms with Gasteiger partial charge in [-0.2, -0.15) is 0 Å². The number of aromatic nitrogens is 1. The lowest BCUT2D eigenvalue weighted by atomic mass is 10.1. The van der Waals surface area contributed by atoms with Crippen molar-refractivity contribution in [1.82, 2.24) is 4.98 Å². The van der Waals surface area contributed by atoms with Gasteiger partial charge in [0.25, 0.3) is 0 Å². The zero-order valence-corrected chi connectivity index (χ0v) is 9.61. The Hall–Kier alpha value is -0.810. The summed E-state index contributed by atoms with van der Waals surface area (Å²) in [6.45, 7) is 0. The average molecular weight is 262 g/mol. The zero-order chi connectivity index (χ0) is 10.6. The number of aliphatic hydroxyl groups is 1. The molecule has 1 aromatic rings. The van der Waals surface area contributed by atoms with Crippen molar-refractivity contribution in [2.45, 2.75) is 6.10 Å². The van der Waals surface area contributed by atoms with E-state index in [0.717, 1.165) is 0 Å². The molecule has 0 fully saturated rings. The number of rotatable bonds is 4. The molecular weight excluding hydrogens is 250 g/mol. The molecular formula is C9H12BrNO3. The molecule has 14 heavy (non-hydrogen) atoms. The fourth-order valence-electron chi connectivity index (χ4n) is 1.16. The molecule has 5 heteroatoms. The summed E-state index contributed by atoms with van der Waals surface area (Å²) < 4.78 is 10.1. The summed E-state index contributed by atoms with van der Waals surface area (Å²) in [5.41, 5.74) is 0.564. The predicted octanol–water partition coefficient (Wildman–Crippen LogP) is 1.53. The van der Waals surface area contributed by atoms with Crippen molar-refractivity contribution in [3.05, 3.63) is 17.8 Å². The van der Waals surface area contributed by atoms with Gasteiger partial charge in [-0.1, -0.05) is 15.9 Å². The van der Waals surface area contributed by atoms with E-state index in [4.69, 9.17) is 9.47 Å². The third-order valence-corrected chi connectivity index (χ3v) is 2.42. The second kappa shape index (κ2) is 5.17. The van der Waals surface area contributed by atoms with Gasteiger partial charge in [-0.05, 0) is 6.07 Å². The highest BCUT2D eigenvalue weighted by molar-refractivity contribution is 9.09. The predicted molar refractivity (Wildman–Crippen MR) is 56.1 cm³/mol. The van der Waals surface area contributed by atoms with Gasteiger partial charge in [0.1, 0.15) is 5.75 Å². The molecule has 1 N–H and O–H groups in total. The highest BCUT2D eigenvalue weighted by Gasteiger charge is 2.18. The third-order valence-electron chi connectivity index (χ3n) is 1.81. The molecule has 1 heterocycles. The van der Waals surface area contributed by atoms with Crippen LogP contribution in [-0.4, -0.2) is 29.6 Å². The summed E-state index contributed by atoms with van der Waals surface area (Å²) in [5.74, 6) is 0.958. The molecule has 0 amide bonds. The number of methoxy groups -OCH3 is 2. The van der Waals surface area contributed by atoms with E-state index in [2.05, 4.69) is 20.9 Å². The van der Waals surface area contributed by atoms with Crippen LogP contribution >= 0.6 is 15.9 Å². The van der Waals surface area contributed by atoms with Gasteiger partial charge in [-0.3, -0.25) is 0 Å². The molecule has 0 bridgehead atoms. The highest BCUT2D eigenvalue weighted by atomic mass is 79.9. The van der Waals surface area contributed by atoms with Crippen LogP contribution in [0.5, 0.6) is 11.6 Å². The van der Waals surface area contributed by atoms with Gasteiger partial charge in [0, 0.05) is 11.5 Å². The first-order valence-electron chi connectivity index (χ1n) is 4.05. The van der Waals surface area contributed by atoms with Crippen molar-refractivity contribution in [2.24, 2.45) is 0 Å². The summed E-state index contributed by atoms with van der Waals surface area (Å²) in [6.07, 6.45) is 0.885. The van der Waals surface area contributed by atoms with Crippen LogP contribution in [0.3, 0.4) is 0 Å². The van der Waals surface area contributed by atoms with E-state index < -0.39 is 6.10 Å². The maximum absolute atomic E-state index is 9.71. The van der Waals surface area contributed by atoms with E-state index in [0.29, 0.717) is 22.5 Å². The quantitative estimate of drug-likeness (QED) is 0.836. The average Bonchev–Trinajstić information content (AvgIpc) is 2.26. The van der Waals surface area contributed by atoms with Crippen molar-refractivity contribution in [3.8, 4) is 11.6 Å². The topological polar surface area (TPSA) is 51.6 Å². The minimum Gasteiger partial charge on any atom is -0.496 e. The summed E-state index contributed by atoms with van der Waals surface area (Å²) in [5, 5.41) is 10.1. The van der Waals surface area contributed by atoms with E-state index in [-0.39, 0.29) is 0 Å². The number of hydrogen-bond acceptors (Lipinski definition) is 4. The van der Waals surface area contributed by atoms with Crippen LogP contribution in [0.25, 0.3) is 0 Å². The molecule has 0 aliphatic rings. The van der Waals surface area contributed by atoms with E-state index >= 15 is 0 Å². The van der Waals surface area contributed by atoms with Crippen LogP contribution in [0.15, 0.2) is 12.3 Å². The SMILES string of the molecule is COc1ccnc(OC)c1C(O)CBr. The Morgan fingerprint density at radius 3 is 2.71 bits per heavy atom. The first kappa shape index (κ1) is 11.3. The summed E-state index contributed by atoms with van der Waals surface area (Å²) >= 11 is 3.19. The molecule has 0 saturated carbocycles. The summed E-state index contributed by atoms with van der Waals surface area (Å²) in [6, 6.07) is 1.68. The monoisotopic (exact) mass is 261 g/mol. The van der Waals surface area contributed by atoms with Gasteiger partial charge in [0.05, 0.1) is 25.9 Å². The Labute approximate surface area is 91.0 Å². The van der Waals surface area contributed by atoms with Crippen LogP contribution in [0.2, 0.25) is 0 Å². The van der Waals surface area contributed by atoms with Crippen LogP contribution in [0.1, 0.15) is 11.7 Å². The van der Waals surface area contributed by atoms with E-state index in [1.165, 1.54) is 7.11 Å². The Bertz CT molecular complexity index is 284. The van der Waals surface area contributed by atoms with E-state index in [9.17, 15) is 5.11 Å². The van der Waals surface area contributed by atoms with Gasteiger partial charge in [0.15, 0.2) is 0 Å². The Kier molecular flexibility index (Phi) is 4.16. The maximum Gasteiger partial charge on any atom is 0.222 e. The van der Waals surface area contributed by atoms with Gasteiger partial charge >= 0.3 is 0 Å². The number of alkyl halides is 1. The van der Waals surface area contributed by atoms with Crippen molar-refractivity contribution in [1.29, 1.82) is 0 Å². The number of pyridine rings is 1. The molecule has 1 unspecified atom stereocenters.